The first kappa shape index (κ1) is 23.2. The van der Waals surface area contributed by atoms with Crippen molar-refractivity contribution in [2.75, 3.05) is 52.4 Å². The van der Waals surface area contributed by atoms with Crippen molar-refractivity contribution < 1.29 is 0 Å². The number of aryl methyl sites for hydroxylation is 1. The van der Waals surface area contributed by atoms with E-state index in [4.69, 9.17) is 4.99 Å². The maximum absolute atomic E-state index is 4.75. The fourth-order valence-electron chi connectivity index (χ4n) is 3.87. The van der Waals surface area contributed by atoms with Crippen LogP contribution in [-0.2, 0) is 19.5 Å². The lowest BCUT2D eigenvalue weighted by Gasteiger charge is -2.34. The summed E-state index contributed by atoms with van der Waals surface area (Å²) < 4.78 is 2.09. The Morgan fingerprint density at radius 1 is 1.00 bits per heavy atom. The summed E-state index contributed by atoms with van der Waals surface area (Å²) in [4.78, 5) is 9.86. The lowest BCUT2D eigenvalue weighted by molar-refractivity contribution is 0.127. The SMILES string of the molecule is CCNC(=NCCCN1CCN(Cc2ccccc2)CC1)NCCn1cnnc1CC. The molecule has 1 aromatic heterocycles. The standard InChI is InChI=1S/C23H38N8/c1-3-22-28-27-20-31(22)14-12-26-23(24-4-2)25-11-8-13-29-15-17-30(18-16-29)19-21-9-6-5-7-10-21/h5-7,9-10,20H,3-4,8,11-19H2,1-2H3,(H2,24,25,26). The monoisotopic (exact) mass is 426 g/mol. The minimum Gasteiger partial charge on any atom is -0.357 e. The molecule has 170 valence electrons. The number of nitrogens with zero attached hydrogens (tertiary/aromatic N) is 6. The van der Waals surface area contributed by atoms with Crippen LogP contribution in [0.15, 0.2) is 41.7 Å². The summed E-state index contributed by atoms with van der Waals surface area (Å²) in [6.45, 7) is 14.3. The summed E-state index contributed by atoms with van der Waals surface area (Å²) >= 11 is 0. The molecule has 0 atom stereocenters. The average molecular weight is 427 g/mol. The lowest BCUT2D eigenvalue weighted by atomic mass is 10.2. The van der Waals surface area contributed by atoms with E-state index in [9.17, 15) is 0 Å². The molecule has 0 amide bonds. The Morgan fingerprint density at radius 3 is 2.52 bits per heavy atom. The van der Waals surface area contributed by atoms with Crippen molar-refractivity contribution in [1.29, 1.82) is 0 Å². The Labute approximate surface area is 186 Å². The number of guanidine groups is 1. The van der Waals surface area contributed by atoms with E-state index in [0.717, 1.165) is 90.1 Å². The number of nitrogens with one attached hydrogen (secondary N) is 2. The number of rotatable bonds is 11. The molecule has 1 aromatic carbocycles. The van der Waals surface area contributed by atoms with E-state index in [1.165, 1.54) is 5.56 Å². The Morgan fingerprint density at radius 2 is 1.77 bits per heavy atom. The summed E-state index contributed by atoms with van der Waals surface area (Å²) in [6, 6.07) is 10.8. The summed E-state index contributed by atoms with van der Waals surface area (Å²) in [6.07, 6.45) is 3.78. The van der Waals surface area contributed by atoms with E-state index in [1.807, 2.05) is 0 Å². The third-order valence-electron chi connectivity index (χ3n) is 5.62. The molecule has 2 N–H and O–H groups in total. The minimum absolute atomic E-state index is 0.806. The van der Waals surface area contributed by atoms with Gasteiger partial charge < -0.3 is 20.1 Å². The zero-order valence-corrected chi connectivity index (χ0v) is 19.1. The van der Waals surface area contributed by atoms with Crippen LogP contribution >= 0.6 is 0 Å². The van der Waals surface area contributed by atoms with Crippen LogP contribution in [0.1, 0.15) is 31.7 Å². The topological polar surface area (TPSA) is 73.6 Å². The third-order valence-corrected chi connectivity index (χ3v) is 5.62. The molecule has 0 aliphatic carbocycles. The molecule has 0 unspecified atom stereocenters. The second-order valence-electron chi connectivity index (χ2n) is 7.94. The normalized spacial score (nSPS) is 15.9. The Kier molecular flexibility index (Phi) is 9.79. The molecule has 1 saturated heterocycles. The first-order chi connectivity index (χ1) is 15.3. The van der Waals surface area contributed by atoms with Crippen molar-refractivity contribution in [3.05, 3.63) is 48.0 Å². The number of aliphatic imine (C=N–C) groups is 1. The molecule has 0 radical (unpaired) electrons. The van der Waals surface area contributed by atoms with Crippen molar-refractivity contribution in [1.82, 2.24) is 35.2 Å². The highest BCUT2D eigenvalue weighted by atomic mass is 15.3. The Balaban J connectivity index is 1.32. The molecular weight excluding hydrogens is 388 g/mol. The molecule has 8 nitrogen and oxygen atoms in total. The van der Waals surface area contributed by atoms with Crippen molar-refractivity contribution in [2.45, 2.75) is 39.8 Å². The smallest absolute Gasteiger partial charge is 0.191 e. The largest absolute Gasteiger partial charge is 0.357 e. The molecule has 3 rings (SSSR count). The molecule has 8 heteroatoms. The fraction of sp³-hybridized carbons (Fsp3) is 0.609. The van der Waals surface area contributed by atoms with Crippen LogP contribution in [0.25, 0.3) is 0 Å². The quantitative estimate of drug-likeness (QED) is 0.323. The molecule has 0 saturated carbocycles. The van der Waals surface area contributed by atoms with Crippen molar-refractivity contribution in [2.24, 2.45) is 4.99 Å². The van der Waals surface area contributed by atoms with E-state index < -0.39 is 0 Å². The van der Waals surface area contributed by atoms with Gasteiger partial charge in [0.25, 0.3) is 0 Å². The maximum Gasteiger partial charge on any atom is 0.191 e. The lowest BCUT2D eigenvalue weighted by Crippen LogP contribution is -2.46. The van der Waals surface area contributed by atoms with Gasteiger partial charge in [0.05, 0.1) is 0 Å². The molecule has 0 bridgehead atoms. The van der Waals surface area contributed by atoms with Crippen LogP contribution in [0.2, 0.25) is 0 Å². The van der Waals surface area contributed by atoms with Gasteiger partial charge in [-0.15, -0.1) is 10.2 Å². The van der Waals surface area contributed by atoms with Crippen molar-refractivity contribution in [3.63, 3.8) is 0 Å². The first-order valence-electron chi connectivity index (χ1n) is 11.7. The number of hydrogen-bond donors (Lipinski definition) is 2. The molecule has 1 aliphatic rings. The van der Waals surface area contributed by atoms with Gasteiger partial charge in [-0.3, -0.25) is 9.89 Å². The van der Waals surface area contributed by atoms with Gasteiger partial charge in [-0.1, -0.05) is 37.3 Å². The summed E-state index contributed by atoms with van der Waals surface area (Å²) in [5.41, 5.74) is 1.41. The van der Waals surface area contributed by atoms with Gasteiger partial charge in [0.15, 0.2) is 5.96 Å². The number of aromatic nitrogens is 3. The van der Waals surface area contributed by atoms with Crippen LogP contribution in [0, 0.1) is 0 Å². The van der Waals surface area contributed by atoms with Gasteiger partial charge in [0.1, 0.15) is 12.2 Å². The van der Waals surface area contributed by atoms with Gasteiger partial charge in [-0.05, 0) is 18.9 Å². The van der Waals surface area contributed by atoms with Crippen LogP contribution in [0.5, 0.6) is 0 Å². The van der Waals surface area contributed by atoms with E-state index in [1.54, 1.807) is 6.33 Å². The minimum atomic E-state index is 0.806. The van der Waals surface area contributed by atoms with Gasteiger partial charge in [-0.25, -0.2) is 0 Å². The predicted molar refractivity (Wildman–Crippen MR) is 126 cm³/mol. The Hall–Kier alpha value is -2.45. The fourth-order valence-corrected chi connectivity index (χ4v) is 3.87. The third kappa shape index (κ3) is 7.95. The predicted octanol–water partition coefficient (Wildman–Crippen LogP) is 1.60. The number of piperazine rings is 1. The van der Waals surface area contributed by atoms with E-state index in [2.05, 4.69) is 79.4 Å². The average Bonchev–Trinajstić information content (AvgIpc) is 3.26. The Bertz CT molecular complexity index is 765. The molecule has 1 fully saturated rings. The second-order valence-corrected chi connectivity index (χ2v) is 7.94. The molecule has 31 heavy (non-hydrogen) atoms. The van der Waals surface area contributed by atoms with E-state index >= 15 is 0 Å². The second kappa shape index (κ2) is 13.1. The number of benzene rings is 1. The maximum atomic E-state index is 4.75. The first-order valence-corrected chi connectivity index (χ1v) is 11.7. The highest BCUT2D eigenvalue weighted by molar-refractivity contribution is 5.79. The van der Waals surface area contributed by atoms with E-state index in [0.29, 0.717) is 0 Å². The van der Waals surface area contributed by atoms with Gasteiger partial charge >= 0.3 is 0 Å². The van der Waals surface area contributed by atoms with Gasteiger partial charge in [0.2, 0.25) is 0 Å². The molecule has 0 spiro atoms. The highest BCUT2D eigenvalue weighted by Crippen LogP contribution is 2.08. The van der Waals surface area contributed by atoms with Gasteiger partial charge in [-0.2, -0.15) is 0 Å². The van der Waals surface area contributed by atoms with E-state index in [-0.39, 0.29) is 0 Å². The zero-order chi connectivity index (χ0) is 21.7. The van der Waals surface area contributed by atoms with Crippen LogP contribution in [0.4, 0.5) is 0 Å². The van der Waals surface area contributed by atoms with Crippen LogP contribution in [0.3, 0.4) is 0 Å². The molecule has 1 aliphatic heterocycles. The number of hydrogen-bond acceptors (Lipinski definition) is 5. The highest BCUT2D eigenvalue weighted by Gasteiger charge is 2.16. The summed E-state index contributed by atoms with van der Waals surface area (Å²) in [5.74, 6) is 1.91. The summed E-state index contributed by atoms with van der Waals surface area (Å²) in [7, 11) is 0. The van der Waals surface area contributed by atoms with Crippen molar-refractivity contribution >= 4 is 5.96 Å². The zero-order valence-electron chi connectivity index (χ0n) is 19.1. The summed E-state index contributed by atoms with van der Waals surface area (Å²) in [5, 5.41) is 14.9. The molecule has 2 aromatic rings. The molecule has 2 heterocycles. The molecular formula is C23H38N8. The van der Waals surface area contributed by atoms with Crippen LogP contribution in [-0.4, -0.2) is 82.9 Å². The van der Waals surface area contributed by atoms with Crippen molar-refractivity contribution in [3.8, 4) is 0 Å². The van der Waals surface area contributed by atoms with Crippen LogP contribution < -0.4 is 10.6 Å². The van der Waals surface area contributed by atoms with Gasteiger partial charge in [0, 0.05) is 71.9 Å².